The van der Waals surface area contributed by atoms with Crippen LogP contribution in [-0.4, -0.2) is 57.3 Å². The van der Waals surface area contributed by atoms with Crippen molar-refractivity contribution in [2.24, 2.45) is 0 Å². The van der Waals surface area contributed by atoms with Gasteiger partial charge in [0.2, 0.25) is 0 Å². The van der Waals surface area contributed by atoms with Crippen molar-refractivity contribution in [2.45, 2.75) is 25.1 Å². The number of carbonyl (C=O) groups is 2. The van der Waals surface area contributed by atoms with Crippen molar-refractivity contribution in [3.63, 3.8) is 0 Å². The number of nitrogens with one attached hydrogen (secondary N) is 1. The zero-order valence-electron chi connectivity index (χ0n) is 16.3. The summed E-state index contributed by atoms with van der Waals surface area (Å²) in [6.45, 7) is 1.59. The monoisotopic (exact) mass is 416 g/mol. The second-order valence-electron chi connectivity index (χ2n) is 6.53. The summed E-state index contributed by atoms with van der Waals surface area (Å²) in [6, 6.07) is 2.91. The van der Waals surface area contributed by atoms with Crippen molar-refractivity contribution in [3.8, 4) is 5.75 Å². The third-order valence-corrected chi connectivity index (χ3v) is 4.40. The molecule has 7 nitrogen and oxygen atoms in total. The van der Waals surface area contributed by atoms with Crippen LogP contribution >= 0.6 is 0 Å². The number of anilines is 1. The molecule has 1 fully saturated rings. The van der Waals surface area contributed by atoms with Gasteiger partial charge in [0.05, 0.1) is 31.5 Å². The molecule has 160 valence electrons. The van der Waals surface area contributed by atoms with Crippen LogP contribution < -0.4 is 10.1 Å². The Bertz CT molecular complexity index is 772. The van der Waals surface area contributed by atoms with Crippen LogP contribution in [0.15, 0.2) is 30.0 Å². The highest BCUT2D eigenvalue weighted by molar-refractivity contribution is 5.99. The van der Waals surface area contributed by atoms with Crippen LogP contribution in [0.25, 0.3) is 0 Å². The van der Waals surface area contributed by atoms with Gasteiger partial charge in [-0.2, -0.15) is 13.2 Å². The molecule has 1 heterocycles. The molecule has 1 aromatic rings. The van der Waals surface area contributed by atoms with E-state index in [1.165, 1.54) is 6.07 Å². The number of methoxy groups -OCH3 is 2. The van der Waals surface area contributed by atoms with Gasteiger partial charge in [0.25, 0.3) is 0 Å². The zero-order chi connectivity index (χ0) is 21.6. The molecule has 1 aromatic carbocycles. The number of piperidine rings is 1. The average Bonchev–Trinajstić information content (AvgIpc) is 2.68. The fraction of sp³-hybridized carbons (Fsp3) is 0.474. The minimum absolute atomic E-state index is 0.112. The second kappa shape index (κ2) is 9.64. The first-order chi connectivity index (χ1) is 13.6. The second-order valence-corrected chi connectivity index (χ2v) is 6.53. The highest BCUT2D eigenvalue weighted by Crippen LogP contribution is 2.36. The van der Waals surface area contributed by atoms with E-state index in [-0.39, 0.29) is 23.2 Å². The van der Waals surface area contributed by atoms with E-state index in [2.05, 4.69) is 19.7 Å². The van der Waals surface area contributed by atoms with Gasteiger partial charge < -0.3 is 24.4 Å². The Morgan fingerprint density at radius 1 is 1.17 bits per heavy atom. The molecule has 1 saturated heterocycles. The molecular formula is C19H23F3N2O5. The van der Waals surface area contributed by atoms with Crippen molar-refractivity contribution >= 4 is 17.6 Å². The third kappa shape index (κ3) is 6.38. The van der Waals surface area contributed by atoms with Gasteiger partial charge in [-0.25, -0.2) is 9.59 Å². The summed E-state index contributed by atoms with van der Waals surface area (Å²) in [5.41, 5.74) is -1.43. The molecule has 1 aliphatic heterocycles. The molecule has 0 saturated carbocycles. The number of carbonyl (C=O) groups excluding carboxylic acids is 2. The van der Waals surface area contributed by atoms with Crippen LogP contribution in [0.1, 0.15) is 18.4 Å². The molecule has 2 rings (SSSR count). The van der Waals surface area contributed by atoms with Crippen molar-refractivity contribution < 1.29 is 37.0 Å². The van der Waals surface area contributed by atoms with Crippen LogP contribution in [0, 0.1) is 0 Å². The fourth-order valence-electron chi connectivity index (χ4n) is 2.77. The molecule has 0 spiro atoms. The summed E-state index contributed by atoms with van der Waals surface area (Å²) >= 11 is 0. The highest BCUT2D eigenvalue weighted by atomic mass is 19.4. The summed E-state index contributed by atoms with van der Waals surface area (Å²) < 4.78 is 54.5. The Morgan fingerprint density at radius 2 is 1.83 bits per heavy atom. The quantitative estimate of drug-likeness (QED) is 0.565. The molecule has 0 unspecified atom stereocenters. The van der Waals surface area contributed by atoms with E-state index in [0.717, 1.165) is 45.5 Å². The number of halogens is 3. The van der Waals surface area contributed by atoms with Gasteiger partial charge >= 0.3 is 18.1 Å². The third-order valence-electron chi connectivity index (χ3n) is 4.40. The van der Waals surface area contributed by atoms with E-state index < -0.39 is 23.7 Å². The van der Waals surface area contributed by atoms with Crippen LogP contribution in [0.5, 0.6) is 5.75 Å². The number of hydrogen-bond acceptors (Lipinski definition) is 7. The van der Waals surface area contributed by atoms with Crippen LogP contribution in [-0.2, 0) is 25.2 Å². The summed E-state index contributed by atoms with van der Waals surface area (Å²) in [5, 5.41) is 2.52. The van der Waals surface area contributed by atoms with E-state index in [4.69, 9.17) is 4.74 Å². The van der Waals surface area contributed by atoms with Crippen molar-refractivity contribution in [3.05, 3.63) is 35.5 Å². The van der Waals surface area contributed by atoms with Gasteiger partial charge in [-0.05, 0) is 38.1 Å². The lowest BCUT2D eigenvalue weighted by molar-refractivity contribution is -0.138. The van der Waals surface area contributed by atoms with Crippen molar-refractivity contribution in [2.75, 3.05) is 39.7 Å². The van der Waals surface area contributed by atoms with E-state index in [0.29, 0.717) is 12.8 Å². The highest BCUT2D eigenvalue weighted by Gasteiger charge is 2.32. The van der Waals surface area contributed by atoms with Gasteiger partial charge in [0.15, 0.2) is 0 Å². The van der Waals surface area contributed by atoms with Crippen LogP contribution in [0.4, 0.5) is 18.9 Å². The Labute approximate surface area is 166 Å². The number of nitrogens with zero attached hydrogens (tertiary/aromatic N) is 1. The van der Waals surface area contributed by atoms with E-state index >= 15 is 0 Å². The van der Waals surface area contributed by atoms with Gasteiger partial charge in [-0.15, -0.1) is 0 Å². The van der Waals surface area contributed by atoms with E-state index in [1.807, 2.05) is 7.05 Å². The minimum Gasteiger partial charge on any atom is -0.488 e. The Balaban J connectivity index is 2.37. The minimum atomic E-state index is -4.60. The number of esters is 2. The first-order valence-corrected chi connectivity index (χ1v) is 8.85. The molecule has 0 atom stereocenters. The Morgan fingerprint density at radius 3 is 2.38 bits per heavy atom. The number of benzene rings is 1. The molecule has 0 bridgehead atoms. The normalized spacial score (nSPS) is 16.3. The number of ether oxygens (including phenoxy) is 3. The molecule has 0 aliphatic carbocycles. The molecule has 1 N–H and O–H groups in total. The predicted molar refractivity (Wildman–Crippen MR) is 98.3 cm³/mol. The lowest BCUT2D eigenvalue weighted by Gasteiger charge is -2.30. The van der Waals surface area contributed by atoms with Gasteiger partial charge in [-0.3, -0.25) is 0 Å². The average molecular weight is 416 g/mol. The topological polar surface area (TPSA) is 77.1 Å². The zero-order valence-corrected chi connectivity index (χ0v) is 16.3. The molecule has 0 radical (unpaired) electrons. The molecular weight excluding hydrogens is 393 g/mol. The van der Waals surface area contributed by atoms with Crippen molar-refractivity contribution in [1.29, 1.82) is 0 Å². The summed E-state index contributed by atoms with van der Waals surface area (Å²) in [7, 11) is 4.16. The first kappa shape index (κ1) is 22.5. The lowest BCUT2D eigenvalue weighted by Crippen LogP contribution is -2.35. The Kier molecular flexibility index (Phi) is 7.49. The standard InChI is InChI=1S/C19H23F3N2O5/c1-24-8-6-13(7-9-24)29-16-5-4-12(19(20,21)22)10-14(16)23-15(18(26)28-3)11-17(25)27-2/h4-5,10-11,13,23H,6-9H2,1-3H3/b15-11+. The molecule has 1 aliphatic rings. The van der Waals surface area contributed by atoms with Gasteiger partial charge in [0.1, 0.15) is 17.6 Å². The summed E-state index contributed by atoms with van der Waals surface area (Å²) in [4.78, 5) is 25.6. The maximum absolute atomic E-state index is 13.2. The van der Waals surface area contributed by atoms with Crippen LogP contribution in [0.3, 0.4) is 0 Å². The first-order valence-electron chi connectivity index (χ1n) is 8.85. The maximum atomic E-state index is 13.2. The lowest BCUT2D eigenvalue weighted by atomic mass is 10.1. The Hall–Kier alpha value is -2.75. The maximum Gasteiger partial charge on any atom is 0.416 e. The largest absolute Gasteiger partial charge is 0.488 e. The van der Waals surface area contributed by atoms with Gasteiger partial charge in [0, 0.05) is 13.1 Å². The number of likely N-dealkylation sites (tertiary alicyclic amines) is 1. The number of hydrogen-bond donors (Lipinski definition) is 1. The smallest absolute Gasteiger partial charge is 0.416 e. The van der Waals surface area contributed by atoms with E-state index in [9.17, 15) is 22.8 Å². The molecule has 10 heteroatoms. The number of alkyl halides is 3. The van der Waals surface area contributed by atoms with Crippen molar-refractivity contribution in [1.82, 2.24) is 4.90 Å². The molecule has 29 heavy (non-hydrogen) atoms. The number of rotatable bonds is 6. The molecule has 0 amide bonds. The molecule has 0 aromatic heterocycles. The van der Waals surface area contributed by atoms with Crippen LogP contribution in [0.2, 0.25) is 0 Å². The SMILES string of the molecule is COC(=O)/C=C(/Nc1cc(C(F)(F)F)ccc1OC1CCN(C)CC1)C(=O)OC. The summed E-state index contributed by atoms with van der Waals surface area (Å²) in [6.07, 6.45) is -2.57. The van der Waals surface area contributed by atoms with E-state index in [1.54, 1.807) is 0 Å². The summed E-state index contributed by atoms with van der Waals surface area (Å²) in [5.74, 6) is -1.69. The van der Waals surface area contributed by atoms with Gasteiger partial charge in [-0.1, -0.05) is 0 Å². The predicted octanol–water partition coefficient (Wildman–Crippen LogP) is 2.82. The fourth-order valence-corrected chi connectivity index (χ4v) is 2.77.